The molecule has 1 N–H and O–H groups in total. The molecule has 0 amide bonds. The zero-order valence-electron chi connectivity index (χ0n) is 12.7. The van der Waals surface area contributed by atoms with E-state index >= 15 is 0 Å². The van der Waals surface area contributed by atoms with Crippen LogP contribution in [0.5, 0.6) is 0 Å². The Labute approximate surface area is 127 Å². The number of benzene rings is 1. The van der Waals surface area contributed by atoms with Crippen molar-refractivity contribution >= 4 is 5.82 Å². The van der Waals surface area contributed by atoms with Gasteiger partial charge in [-0.3, -0.25) is 4.90 Å². The Bertz CT molecular complexity index is 589. The number of nitrogens with one attached hydrogen (secondary N) is 1. The molecule has 0 bridgehead atoms. The number of pyridine rings is 1. The molecule has 0 atom stereocenters. The van der Waals surface area contributed by atoms with Crippen molar-refractivity contribution in [3.8, 4) is 0 Å². The summed E-state index contributed by atoms with van der Waals surface area (Å²) in [6.07, 6.45) is 2.69. The van der Waals surface area contributed by atoms with E-state index in [2.05, 4.69) is 39.5 Å². The first-order chi connectivity index (χ1) is 10.3. The molecule has 1 saturated heterocycles. The third-order valence-electron chi connectivity index (χ3n) is 3.96. The fourth-order valence-electron chi connectivity index (χ4n) is 2.87. The first-order valence-corrected chi connectivity index (χ1v) is 7.77. The van der Waals surface area contributed by atoms with Crippen molar-refractivity contribution in [3.05, 3.63) is 59.3 Å². The van der Waals surface area contributed by atoms with Crippen molar-refractivity contribution in [1.82, 2.24) is 9.88 Å². The summed E-state index contributed by atoms with van der Waals surface area (Å²) in [6, 6.07) is 14.9. The van der Waals surface area contributed by atoms with E-state index in [0.717, 1.165) is 24.6 Å². The number of hydrogen-bond donors (Lipinski definition) is 1. The lowest BCUT2D eigenvalue weighted by Gasteiger charge is -2.15. The van der Waals surface area contributed by atoms with Crippen molar-refractivity contribution < 1.29 is 0 Å². The molecular formula is C18H23N3. The number of nitrogens with zero attached hydrogens (tertiary/aromatic N) is 2. The van der Waals surface area contributed by atoms with Gasteiger partial charge >= 0.3 is 0 Å². The highest BCUT2D eigenvalue weighted by Gasteiger charge is 2.11. The SMILES string of the molecule is Cc1cccc(NCc2cccc(CN3CCCC3)c2)n1. The molecule has 1 aromatic heterocycles. The fraction of sp³-hybridized carbons (Fsp3) is 0.389. The van der Waals surface area contributed by atoms with Crippen LogP contribution < -0.4 is 5.32 Å². The third-order valence-corrected chi connectivity index (χ3v) is 3.96. The summed E-state index contributed by atoms with van der Waals surface area (Å²) in [5.74, 6) is 0.944. The standard InChI is InChI=1S/C18H23N3/c1-15-6-4-9-18(20-15)19-13-16-7-5-8-17(12-16)14-21-10-2-3-11-21/h4-9,12H,2-3,10-11,13-14H2,1H3,(H,19,20). The van der Waals surface area contributed by atoms with Gasteiger partial charge in [0.15, 0.2) is 0 Å². The summed E-state index contributed by atoms with van der Waals surface area (Å²) in [5.41, 5.74) is 3.77. The van der Waals surface area contributed by atoms with Crippen LogP contribution in [0.2, 0.25) is 0 Å². The molecule has 1 aliphatic rings. The maximum absolute atomic E-state index is 4.47. The molecule has 3 heteroatoms. The predicted octanol–water partition coefficient (Wildman–Crippen LogP) is 3.60. The van der Waals surface area contributed by atoms with Crippen LogP contribution in [-0.2, 0) is 13.1 Å². The average Bonchev–Trinajstić information content (AvgIpc) is 2.99. The number of rotatable bonds is 5. The zero-order valence-corrected chi connectivity index (χ0v) is 12.7. The van der Waals surface area contributed by atoms with Gasteiger partial charge in [0.2, 0.25) is 0 Å². The van der Waals surface area contributed by atoms with E-state index in [0.29, 0.717) is 0 Å². The second-order valence-electron chi connectivity index (χ2n) is 5.82. The molecular weight excluding hydrogens is 258 g/mol. The summed E-state index contributed by atoms with van der Waals surface area (Å²) >= 11 is 0. The van der Waals surface area contributed by atoms with E-state index in [1.807, 2.05) is 25.1 Å². The lowest BCUT2D eigenvalue weighted by atomic mass is 10.1. The summed E-state index contributed by atoms with van der Waals surface area (Å²) < 4.78 is 0. The highest BCUT2D eigenvalue weighted by Crippen LogP contribution is 2.14. The normalized spacial score (nSPS) is 15.3. The van der Waals surface area contributed by atoms with Crippen LogP contribution in [0.25, 0.3) is 0 Å². The minimum Gasteiger partial charge on any atom is -0.366 e. The Morgan fingerprint density at radius 1 is 1.05 bits per heavy atom. The molecule has 2 heterocycles. The van der Waals surface area contributed by atoms with Gasteiger partial charge in [-0.1, -0.05) is 30.3 Å². The van der Waals surface area contributed by atoms with Crippen LogP contribution in [0.4, 0.5) is 5.82 Å². The Balaban J connectivity index is 1.60. The lowest BCUT2D eigenvalue weighted by molar-refractivity contribution is 0.331. The van der Waals surface area contributed by atoms with Gasteiger partial charge in [0.05, 0.1) is 0 Å². The fourth-order valence-corrected chi connectivity index (χ4v) is 2.87. The number of aromatic nitrogens is 1. The van der Waals surface area contributed by atoms with Gasteiger partial charge in [0, 0.05) is 18.8 Å². The summed E-state index contributed by atoms with van der Waals surface area (Å²) in [4.78, 5) is 7.01. The Kier molecular flexibility index (Phi) is 4.51. The number of likely N-dealkylation sites (tertiary alicyclic amines) is 1. The molecule has 3 rings (SSSR count). The van der Waals surface area contributed by atoms with Gasteiger partial charge < -0.3 is 5.32 Å². The first-order valence-electron chi connectivity index (χ1n) is 7.77. The molecule has 1 fully saturated rings. The average molecular weight is 281 g/mol. The van der Waals surface area contributed by atoms with Gasteiger partial charge in [-0.15, -0.1) is 0 Å². The Morgan fingerprint density at radius 3 is 2.62 bits per heavy atom. The van der Waals surface area contributed by atoms with E-state index in [1.165, 1.54) is 37.1 Å². The minimum absolute atomic E-state index is 0.824. The molecule has 21 heavy (non-hydrogen) atoms. The molecule has 0 spiro atoms. The van der Waals surface area contributed by atoms with Crippen molar-refractivity contribution in [2.24, 2.45) is 0 Å². The summed E-state index contributed by atoms with van der Waals surface area (Å²) in [7, 11) is 0. The van der Waals surface area contributed by atoms with E-state index in [-0.39, 0.29) is 0 Å². The topological polar surface area (TPSA) is 28.2 Å². The van der Waals surface area contributed by atoms with Gasteiger partial charge in [0.25, 0.3) is 0 Å². The van der Waals surface area contributed by atoms with E-state index in [4.69, 9.17) is 0 Å². The summed E-state index contributed by atoms with van der Waals surface area (Å²) in [5, 5.41) is 3.40. The molecule has 0 unspecified atom stereocenters. The molecule has 0 radical (unpaired) electrons. The maximum atomic E-state index is 4.47. The smallest absolute Gasteiger partial charge is 0.126 e. The third kappa shape index (κ3) is 4.05. The van der Waals surface area contributed by atoms with Crippen molar-refractivity contribution in [1.29, 1.82) is 0 Å². The van der Waals surface area contributed by atoms with Gasteiger partial charge in [-0.25, -0.2) is 4.98 Å². The van der Waals surface area contributed by atoms with Crippen LogP contribution in [0.15, 0.2) is 42.5 Å². The van der Waals surface area contributed by atoms with E-state index < -0.39 is 0 Å². The van der Waals surface area contributed by atoms with Crippen molar-refractivity contribution in [3.63, 3.8) is 0 Å². The molecule has 3 nitrogen and oxygen atoms in total. The second-order valence-corrected chi connectivity index (χ2v) is 5.82. The van der Waals surface area contributed by atoms with Gasteiger partial charge in [-0.2, -0.15) is 0 Å². The van der Waals surface area contributed by atoms with Crippen LogP contribution in [0.3, 0.4) is 0 Å². The van der Waals surface area contributed by atoms with Gasteiger partial charge in [0.1, 0.15) is 5.82 Å². The monoisotopic (exact) mass is 281 g/mol. The number of hydrogen-bond acceptors (Lipinski definition) is 3. The van der Waals surface area contributed by atoms with Crippen LogP contribution in [-0.4, -0.2) is 23.0 Å². The molecule has 0 aliphatic carbocycles. The van der Waals surface area contributed by atoms with E-state index in [1.54, 1.807) is 0 Å². The molecule has 110 valence electrons. The molecule has 1 aliphatic heterocycles. The lowest BCUT2D eigenvalue weighted by Crippen LogP contribution is -2.18. The second kappa shape index (κ2) is 6.72. The number of aryl methyl sites for hydroxylation is 1. The molecule has 1 aromatic carbocycles. The quantitative estimate of drug-likeness (QED) is 0.907. The Hall–Kier alpha value is -1.87. The van der Waals surface area contributed by atoms with E-state index in [9.17, 15) is 0 Å². The van der Waals surface area contributed by atoms with Crippen molar-refractivity contribution in [2.75, 3.05) is 18.4 Å². The highest BCUT2D eigenvalue weighted by molar-refractivity contribution is 5.37. The first kappa shape index (κ1) is 14.1. The van der Waals surface area contributed by atoms with Gasteiger partial charge in [-0.05, 0) is 56.1 Å². The molecule has 0 saturated carbocycles. The Morgan fingerprint density at radius 2 is 1.81 bits per heavy atom. The number of anilines is 1. The largest absolute Gasteiger partial charge is 0.366 e. The predicted molar refractivity (Wildman–Crippen MR) is 87.3 cm³/mol. The maximum Gasteiger partial charge on any atom is 0.126 e. The minimum atomic E-state index is 0.824. The molecule has 2 aromatic rings. The zero-order chi connectivity index (χ0) is 14.5. The highest BCUT2D eigenvalue weighted by atomic mass is 15.1. The van der Waals surface area contributed by atoms with Crippen LogP contribution in [0.1, 0.15) is 29.7 Å². The van der Waals surface area contributed by atoms with Crippen molar-refractivity contribution in [2.45, 2.75) is 32.9 Å². The van der Waals surface area contributed by atoms with Crippen LogP contribution >= 0.6 is 0 Å². The van der Waals surface area contributed by atoms with Crippen LogP contribution in [0, 0.1) is 6.92 Å². The summed E-state index contributed by atoms with van der Waals surface area (Å²) in [6.45, 7) is 6.41.